The van der Waals surface area contributed by atoms with Crippen molar-refractivity contribution < 1.29 is 4.79 Å². The summed E-state index contributed by atoms with van der Waals surface area (Å²) >= 11 is 0. The number of para-hydroxylation sites is 1. The number of aromatic amines is 1. The number of benzene rings is 1. The van der Waals surface area contributed by atoms with Crippen LogP contribution in [0.4, 0.5) is 0 Å². The van der Waals surface area contributed by atoms with Gasteiger partial charge in [-0.05, 0) is 12.1 Å². The van der Waals surface area contributed by atoms with Gasteiger partial charge in [0.25, 0.3) is 5.91 Å². The average Bonchev–Trinajstić information content (AvgIpc) is 2.76. The van der Waals surface area contributed by atoms with Crippen molar-refractivity contribution in [3.05, 3.63) is 36.0 Å². The molecule has 2 rings (SSSR count). The minimum atomic E-state index is -0.0942. The predicted molar refractivity (Wildman–Crippen MR) is 64.1 cm³/mol. The molecular formula is C13H12N2O. The van der Waals surface area contributed by atoms with E-state index in [1.54, 1.807) is 6.07 Å². The molecule has 0 aliphatic rings. The van der Waals surface area contributed by atoms with E-state index in [4.69, 9.17) is 6.42 Å². The molecular weight excluding hydrogens is 200 g/mol. The fourth-order valence-electron chi connectivity index (χ4n) is 1.62. The van der Waals surface area contributed by atoms with E-state index in [9.17, 15) is 4.79 Å². The van der Waals surface area contributed by atoms with E-state index < -0.39 is 0 Å². The topological polar surface area (TPSA) is 44.9 Å². The summed E-state index contributed by atoms with van der Waals surface area (Å²) in [5.74, 6) is 2.39. The van der Waals surface area contributed by atoms with E-state index >= 15 is 0 Å². The zero-order valence-electron chi connectivity index (χ0n) is 8.79. The Morgan fingerprint density at radius 2 is 2.31 bits per heavy atom. The second-order valence-corrected chi connectivity index (χ2v) is 3.46. The van der Waals surface area contributed by atoms with Gasteiger partial charge in [-0.1, -0.05) is 12.1 Å². The molecule has 0 radical (unpaired) electrons. The van der Waals surface area contributed by atoms with Crippen molar-refractivity contribution in [2.75, 3.05) is 6.54 Å². The third-order valence-electron chi connectivity index (χ3n) is 2.39. The van der Waals surface area contributed by atoms with Gasteiger partial charge in [0.2, 0.25) is 0 Å². The summed E-state index contributed by atoms with van der Waals surface area (Å²) in [5.41, 5.74) is 1.51. The molecule has 2 aromatic rings. The normalized spacial score (nSPS) is 9.94. The van der Waals surface area contributed by atoms with Crippen LogP contribution in [0.25, 0.3) is 10.9 Å². The number of carbonyl (C=O) groups is 1. The standard InChI is InChI=1S/C13H12N2O/c1-2-3-8-15-13(16)11-6-4-5-10-7-9-14-12(10)11/h1,4-7,9,14H,3,8H2,(H,15,16). The highest BCUT2D eigenvalue weighted by atomic mass is 16.1. The summed E-state index contributed by atoms with van der Waals surface area (Å²) in [5, 5.41) is 3.81. The molecule has 0 atom stereocenters. The quantitative estimate of drug-likeness (QED) is 0.592. The molecule has 3 heteroatoms. The Labute approximate surface area is 93.9 Å². The van der Waals surface area contributed by atoms with Crippen LogP contribution in [0.2, 0.25) is 0 Å². The molecule has 1 aromatic carbocycles. The number of hydrogen-bond acceptors (Lipinski definition) is 1. The lowest BCUT2D eigenvalue weighted by Gasteiger charge is -2.04. The molecule has 1 aromatic heterocycles. The second-order valence-electron chi connectivity index (χ2n) is 3.46. The maximum atomic E-state index is 11.8. The number of carbonyl (C=O) groups excluding carboxylic acids is 1. The lowest BCUT2D eigenvalue weighted by molar-refractivity contribution is 0.0956. The molecule has 0 saturated heterocycles. The smallest absolute Gasteiger partial charge is 0.253 e. The second kappa shape index (κ2) is 4.54. The summed E-state index contributed by atoms with van der Waals surface area (Å²) in [6.45, 7) is 0.506. The zero-order chi connectivity index (χ0) is 11.4. The van der Waals surface area contributed by atoms with Crippen LogP contribution in [0.5, 0.6) is 0 Å². The maximum absolute atomic E-state index is 11.8. The first-order chi connectivity index (χ1) is 7.83. The van der Waals surface area contributed by atoms with Gasteiger partial charge in [0.15, 0.2) is 0 Å². The SMILES string of the molecule is C#CCCNC(=O)c1cccc2cc[nH]c12. The van der Waals surface area contributed by atoms with Crippen molar-refractivity contribution in [2.45, 2.75) is 6.42 Å². The molecule has 0 spiro atoms. The third-order valence-corrected chi connectivity index (χ3v) is 2.39. The first kappa shape index (κ1) is 10.3. The number of H-pyrrole nitrogens is 1. The van der Waals surface area contributed by atoms with Gasteiger partial charge in [0.05, 0.1) is 11.1 Å². The number of rotatable bonds is 3. The number of terminal acetylenes is 1. The van der Waals surface area contributed by atoms with E-state index in [-0.39, 0.29) is 5.91 Å². The monoisotopic (exact) mass is 212 g/mol. The van der Waals surface area contributed by atoms with Crippen molar-refractivity contribution in [3.63, 3.8) is 0 Å². The minimum Gasteiger partial charge on any atom is -0.361 e. The molecule has 2 N–H and O–H groups in total. The summed E-state index contributed by atoms with van der Waals surface area (Å²) < 4.78 is 0. The number of hydrogen-bond donors (Lipinski definition) is 2. The summed E-state index contributed by atoms with van der Waals surface area (Å²) in [6, 6.07) is 7.56. The van der Waals surface area contributed by atoms with Gasteiger partial charge in [0, 0.05) is 24.5 Å². The molecule has 0 aliphatic carbocycles. The Morgan fingerprint density at radius 1 is 1.44 bits per heavy atom. The van der Waals surface area contributed by atoms with E-state index in [0.717, 1.165) is 10.9 Å². The van der Waals surface area contributed by atoms with Crippen molar-refractivity contribution in [1.82, 2.24) is 10.3 Å². The lowest BCUT2D eigenvalue weighted by atomic mass is 10.1. The molecule has 3 nitrogen and oxygen atoms in total. The van der Waals surface area contributed by atoms with E-state index in [2.05, 4.69) is 16.2 Å². The van der Waals surface area contributed by atoms with E-state index in [1.165, 1.54) is 0 Å². The Morgan fingerprint density at radius 3 is 3.12 bits per heavy atom. The molecule has 0 unspecified atom stereocenters. The first-order valence-corrected chi connectivity index (χ1v) is 5.10. The minimum absolute atomic E-state index is 0.0942. The highest BCUT2D eigenvalue weighted by Gasteiger charge is 2.09. The fourth-order valence-corrected chi connectivity index (χ4v) is 1.62. The Balaban J connectivity index is 2.23. The van der Waals surface area contributed by atoms with Crippen LogP contribution in [-0.4, -0.2) is 17.4 Å². The molecule has 0 saturated carbocycles. The van der Waals surface area contributed by atoms with E-state index in [0.29, 0.717) is 18.5 Å². The van der Waals surface area contributed by atoms with Crippen molar-refractivity contribution >= 4 is 16.8 Å². The molecule has 0 fully saturated rings. The highest BCUT2D eigenvalue weighted by Crippen LogP contribution is 2.16. The van der Waals surface area contributed by atoms with Crippen LogP contribution in [0.3, 0.4) is 0 Å². The number of nitrogens with one attached hydrogen (secondary N) is 2. The summed E-state index contributed by atoms with van der Waals surface area (Å²) in [7, 11) is 0. The largest absolute Gasteiger partial charge is 0.361 e. The Kier molecular flexibility index (Phi) is 2.93. The van der Waals surface area contributed by atoms with Crippen molar-refractivity contribution in [3.8, 4) is 12.3 Å². The molecule has 1 heterocycles. The molecule has 0 bridgehead atoms. The number of amides is 1. The van der Waals surface area contributed by atoms with Crippen LogP contribution in [0.15, 0.2) is 30.5 Å². The van der Waals surface area contributed by atoms with Crippen molar-refractivity contribution in [1.29, 1.82) is 0 Å². The van der Waals surface area contributed by atoms with Gasteiger partial charge in [0.1, 0.15) is 0 Å². The molecule has 0 aliphatic heterocycles. The summed E-state index contributed by atoms with van der Waals surface area (Å²) in [6.07, 6.45) is 7.49. The van der Waals surface area contributed by atoms with Crippen LogP contribution < -0.4 is 5.32 Å². The maximum Gasteiger partial charge on any atom is 0.253 e. The highest BCUT2D eigenvalue weighted by molar-refractivity contribution is 6.05. The predicted octanol–water partition coefficient (Wildman–Crippen LogP) is 1.92. The van der Waals surface area contributed by atoms with Gasteiger partial charge in [-0.2, -0.15) is 0 Å². The van der Waals surface area contributed by atoms with Crippen molar-refractivity contribution in [2.24, 2.45) is 0 Å². The van der Waals surface area contributed by atoms with Gasteiger partial charge in [-0.25, -0.2) is 0 Å². The fraction of sp³-hybridized carbons (Fsp3) is 0.154. The van der Waals surface area contributed by atoms with Gasteiger partial charge in [-0.15, -0.1) is 12.3 Å². The number of fused-ring (bicyclic) bond motifs is 1. The van der Waals surface area contributed by atoms with Crippen LogP contribution in [0, 0.1) is 12.3 Å². The number of aromatic nitrogens is 1. The Bertz CT molecular complexity index is 548. The van der Waals surface area contributed by atoms with Crippen LogP contribution in [0.1, 0.15) is 16.8 Å². The average molecular weight is 212 g/mol. The molecule has 1 amide bonds. The first-order valence-electron chi connectivity index (χ1n) is 5.10. The Hall–Kier alpha value is -2.21. The van der Waals surface area contributed by atoms with E-state index in [1.807, 2.05) is 24.4 Å². The third kappa shape index (κ3) is 1.91. The van der Waals surface area contributed by atoms with Crippen LogP contribution >= 0.6 is 0 Å². The zero-order valence-corrected chi connectivity index (χ0v) is 8.79. The van der Waals surface area contributed by atoms with Gasteiger partial charge >= 0.3 is 0 Å². The lowest BCUT2D eigenvalue weighted by Crippen LogP contribution is -2.24. The van der Waals surface area contributed by atoms with Gasteiger partial charge < -0.3 is 10.3 Å². The molecule has 16 heavy (non-hydrogen) atoms. The van der Waals surface area contributed by atoms with Crippen LogP contribution in [-0.2, 0) is 0 Å². The summed E-state index contributed by atoms with van der Waals surface area (Å²) in [4.78, 5) is 14.9. The molecule has 80 valence electrons. The van der Waals surface area contributed by atoms with Gasteiger partial charge in [-0.3, -0.25) is 4.79 Å².